The van der Waals surface area contributed by atoms with Crippen LogP contribution >= 0.6 is 11.3 Å². The van der Waals surface area contributed by atoms with Crippen LogP contribution in [0, 0.1) is 0 Å². The Morgan fingerprint density at radius 2 is 1.11 bits per heavy atom. The van der Waals surface area contributed by atoms with E-state index in [1.54, 1.807) is 11.3 Å². The van der Waals surface area contributed by atoms with Crippen molar-refractivity contribution in [3.8, 4) is 22.3 Å². The van der Waals surface area contributed by atoms with E-state index in [1.807, 2.05) is 18.2 Å². The normalized spacial score (nSPS) is 13.3. The van der Waals surface area contributed by atoms with Crippen LogP contribution < -0.4 is 5.46 Å². The molecule has 7 aromatic carbocycles. The first-order valence-electron chi connectivity index (χ1n) is 15.2. The van der Waals surface area contributed by atoms with Gasteiger partial charge in [0.2, 0.25) is 0 Å². The molecular formula is C41H27BO2S. The Kier molecular flexibility index (Phi) is 5.88. The molecule has 2 nitrogen and oxygen atoms in total. The van der Waals surface area contributed by atoms with Gasteiger partial charge in [-0.2, -0.15) is 0 Å². The molecule has 0 unspecified atom stereocenters. The molecule has 1 aromatic heterocycles. The molecule has 0 fully saturated rings. The maximum Gasteiger partial charge on any atom is 0.489 e. The average molecular weight is 595 g/mol. The van der Waals surface area contributed by atoms with Crippen molar-refractivity contribution in [3.05, 3.63) is 174 Å². The topological polar surface area (TPSA) is 40.5 Å². The van der Waals surface area contributed by atoms with Crippen molar-refractivity contribution in [1.29, 1.82) is 0 Å². The highest BCUT2D eigenvalue weighted by Gasteiger charge is 2.46. The second-order valence-electron chi connectivity index (χ2n) is 11.8. The molecule has 1 aliphatic rings. The molecule has 0 bridgehead atoms. The van der Waals surface area contributed by atoms with E-state index in [4.69, 9.17) is 0 Å². The Labute approximate surface area is 265 Å². The molecule has 45 heavy (non-hydrogen) atoms. The minimum absolute atomic E-state index is 0.469. The maximum absolute atomic E-state index is 10.4. The van der Waals surface area contributed by atoms with Gasteiger partial charge in [0.15, 0.2) is 0 Å². The molecule has 2 N–H and O–H groups in total. The second kappa shape index (κ2) is 10.0. The van der Waals surface area contributed by atoms with Gasteiger partial charge in [-0.15, -0.1) is 11.3 Å². The largest absolute Gasteiger partial charge is 0.489 e. The summed E-state index contributed by atoms with van der Waals surface area (Å²) in [6.07, 6.45) is 0. The van der Waals surface area contributed by atoms with Crippen LogP contribution in [0.4, 0.5) is 0 Å². The van der Waals surface area contributed by atoms with Gasteiger partial charge in [0.1, 0.15) is 0 Å². The molecule has 0 radical (unpaired) electrons. The van der Waals surface area contributed by atoms with Gasteiger partial charge < -0.3 is 10.0 Å². The maximum atomic E-state index is 10.4. The lowest BCUT2D eigenvalue weighted by Gasteiger charge is -2.34. The summed E-state index contributed by atoms with van der Waals surface area (Å²) in [7, 11) is -1.55. The van der Waals surface area contributed by atoms with Gasteiger partial charge in [-0.05, 0) is 61.3 Å². The lowest BCUT2D eigenvalue weighted by atomic mass is 9.67. The van der Waals surface area contributed by atoms with Crippen LogP contribution in [0.3, 0.4) is 0 Å². The Balaban J connectivity index is 1.36. The molecule has 1 heterocycles. The molecule has 0 amide bonds. The lowest BCUT2D eigenvalue weighted by molar-refractivity contribution is 0.426. The predicted molar refractivity (Wildman–Crippen MR) is 189 cm³/mol. The summed E-state index contributed by atoms with van der Waals surface area (Å²) in [5, 5.41) is 25.2. The minimum Gasteiger partial charge on any atom is -0.423 e. The Hall–Kier alpha value is -5.00. The number of hydrogen-bond acceptors (Lipinski definition) is 3. The molecule has 1 aliphatic carbocycles. The van der Waals surface area contributed by atoms with Crippen molar-refractivity contribution < 1.29 is 10.0 Å². The number of thiophene rings is 1. The zero-order valence-corrected chi connectivity index (χ0v) is 25.1. The molecule has 8 aromatic rings. The Morgan fingerprint density at radius 3 is 1.87 bits per heavy atom. The van der Waals surface area contributed by atoms with Gasteiger partial charge in [0, 0.05) is 25.6 Å². The van der Waals surface area contributed by atoms with E-state index < -0.39 is 12.5 Å². The fourth-order valence-corrected chi connectivity index (χ4v) is 9.09. The zero-order chi connectivity index (χ0) is 30.1. The van der Waals surface area contributed by atoms with Crippen LogP contribution in [0.1, 0.15) is 22.3 Å². The molecule has 0 saturated heterocycles. The first-order valence-corrected chi connectivity index (χ1v) is 16.1. The quantitative estimate of drug-likeness (QED) is 0.200. The molecular weight excluding hydrogens is 567 g/mol. The van der Waals surface area contributed by atoms with Crippen molar-refractivity contribution in [2.75, 3.05) is 0 Å². The summed E-state index contributed by atoms with van der Waals surface area (Å²) in [5.41, 5.74) is 9.93. The van der Waals surface area contributed by atoms with Crippen LogP contribution in [0.2, 0.25) is 0 Å². The van der Waals surface area contributed by atoms with Crippen LogP contribution in [-0.4, -0.2) is 17.2 Å². The van der Waals surface area contributed by atoms with Crippen LogP contribution in [-0.2, 0) is 5.41 Å². The first-order chi connectivity index (χ1) is 22.2. The minimum atomic E-state index is -1.55. The van der Waals surface area contributed by atoms with Crippen molar-refractivity contribution >= 4 is 54.9 Å². The third-order valence-electron chi connectivity index (χ3n) is 9.57. The summed E-state index contributed by atoms with van der Waals surface area (Å²) in [4.78, 5) is 0. The highest BCUT2D eigenvalue weighted by molar-refractivity contribution is 7.27. The Bertz CT molecular complexity index is 2370. The van der Waals surface area contributed by atoms with E-state index >= 15 is 0 Å². The SMILES string of the molecule is OB(O)c1cc2ccccc2c2c1sc1c(-c3ccc4c(c3)C(c3ccccc3)(c3ccccc3)c3ccccc3-4)cccc12. The van der Waals surface area contributed by atoms with Gasteiger partial charge in [-0.25, -0.2) is 0 Å². The molecule has 9 rings (SSSR count). The van der Waals surface area contributed by atoms with Gasteiger partial charge in [-0.3, -0.25) is 0 Å². The second-order valence-corrected chi connectivity index (χ2v) is 12.9. The van der Waals surface area contributed by atoms with E-state index in [1.165, 1.54) is 33.4 Å². The standard InChI is InChI=1S/C41H27BO2S/c43-42(44)37-25-26-12-7-8-17-30(26)38-34-20-11-19-31(39(34)45-40(37)38)27-22-23-33-32-18-9-10-21-35(32)41(36(33)24-27,28-13-3-1-4-14-28)29-15-5-2-6-16-29/h1-25,43-44H. The highest BCUT2D eigenvalue weighted by atomic mass is 32.1. The van der Waals surface area contributed by atoms with E-state index in [9.17, 15) is 10.0 Å². The van der Waals surface area contributed by atoms with E-state index in [2.05, 4.69) is 133 Å². The van der Waals surface area contributed by atoms with Crippen LogP contribution in [0.25, 0.3) is 53.2 Å². The van der Waals surface area contributed by atoms with Crippen LogP contribution in [0.15, 0.2) is 152 Å². The number of hydrogen-bond donors (Lipinski definition) is 2. The summed E-state index contributed by atoms with van der Waals surface area (Å²) in [6.45, 7) is 0. The van der Waals surface area contributed by atoms with Crippen molar-refractivity contribution in [1.82, 2.24) is 0 Å². The third-order valence-corrected chi connectivity index (χ3v) is 10.9. The van der Waals surface area contributed by atoms with Gasteiger partial charge in [0.05, 0.1) is 5.41 Å². The van der Waals surface area contributed by atoms with Gasteiger partial charge in [-0.1, -0.05) is 146 Å². The van der Waals surface area contributed by atoms with Crippen molar-refractivity contribution in [2.45, 2.75) is 5.41 Å². The number of fused-ring (bicyclic) bond motifs is 8. The zero-order valence-electron chi connectivity index (χ0n) is 24.3. The first kappa shape index (κ1) is 26.4. The average Bonchev–Trinajstić information content (AvgIpc) is 3.63. The molecule has 4 heteroatoms. The number of benzene rings is 7. The lowest BCUT2D eigenvalue weighted by Crippen LogP contribution is -2.29. The van der Waals surface area contributed by atoms with Gasteiger partial charge >= 0.3 is 7.12 Å². The summed E-state index contributed by atoms with van der Waals surface area (Å²) in [6, 6.07) is 54.1. The van der Waals surface area contributed by atoms with Gasteiger partial charge in [0.25, 0.3) is 0 Å². The molecule has 212 valence electrons. The number of rotatable bonds is 4. The van der Waals surface area contributed by atoms with Crippen LogP contribution in [0.5, 0.6) is 0 Å². The predicted octanol–water partition coefficient (Wildman–Crippen LogP) is 8.92. The molecule has 0 spiro atoms. The fourth-order valence-electron chi connectivity index (χ4n) is 7.70. The fraction of sp³-hybridized carbons (Fsp3) is 0.0244. The summed E-state index contributed by atoms with van der Waals surface area (Å²) < 4.78 is 2.06. The third kappa shape index (κ3) is 3.71. The monoisotopic (exact) mass is 594 g/mol. The Morgan fingerprint density at radius 1 is 0.489 bits per heavy atom. The van der Waals surface area contributed by atoms with E-state index in [0.29, 0.717) is 5.46 Å². The summed E-state index contributed by atoms with van der Waals surface area (Å²) in [5.74, 6) is 0. The summed E-state index contributed by atoms with van der Waals surface area (Å²) >= 11 is 1.65. The molecule has 0 aliphatic heterocycles. The van der Waals surface area contributed by atoms with E-state index in [-0.39, 0.29) is 0 Å². The van der Waals surface area contributed by atoms with E-state index in [0.717, 1.165) is 42.1 Å². The van der Waals surface area contributed by atoms with Crippen molar-refractivity contribution in [3.63, 3.8) is 0 Å². The smallest absolute Gasteiger partial charge is 0.423 e. The highest BCUT2D eigenvalue weighted by Crippen LogP contribution is 2.57. The molecule has 0 atom stereocenters. The molecule has 0 saturated carbocycles. The van der Waals surface area contributed by atoms with Crippen molar-refractivity contribution in [2.24, 2.45) is 0 Å².